The minimum Gasteiger partial charge on any atom is -0.497 e. The summed E-state index contributed by atoms with van der Waals surface area (Å²) in [6.45, 7) is 0. The van der Waals surface area contributed by atoms with E-state index in [1.807, 2.05) is 0 Å². The maximum absolute atomic E-state index is 12.1. The Balaban J connectivity index is 2.98. The fourth-order valence-electron chi connectivity index (χ4n) is 1.53. The Morgan fingerprint density at radius 2 is 1.81 bits per heavy atom. The van der Waals surface area contributed by atoms with Crippen molar-refractivity contribution < 1.29 is 27.5 Å². The number of hydrogen-bond acceptors (Lipinski definition) is 6. The van der Waals surface area contributed by atoms with E-state index in [4.69, 9.17) is 10.5 Å². The van der Waals surface area contributed by atoms with Gasteiger partial charge in [0.05, 0.1) is 25.5 Å². The van der Waals surface area contributed by atoms with Crippen LogP contribution in [0.3, 0.4) is 0 Å². The predicted molar refractivity (Wildman–Crippen MR) is 72.9 cm³/mol. The molecule has 1 aromatic rings. The molecule has 0 aliphatic rings. The Labute approximate surface area is 122 Å². The number of carbonyl (C=O) groups excluding carboxylic acids is 2. The van der Waals surface area contributed by atoms with E-state index in [-0.39, 0.29) is 4.90 Å². The van der Waals surface area contributed by atoms with Crippen molar-refractivity contribution >= 4 is 21.9 Å². The van der Waals surface area contributed by atoms with Crippen LogP contribution in [0.5, 0.6) is 5.75 Å². The van der Waals surface area contributed by atoms with E-state index >= 15 is 0 Å². The maximum atomic E-state index is 12.1. The first-order valence-electron chi connectivity index (χ1n) is 5.82. The normalized spacial score (nSPS) is 12.5. The van der Waals surface area contributed by atoms with E-state index in [1.54, 1.807) is 0 Å². The molecule has 0 unspecified atom stereocenters. The highest BCUT2D eigenvalue weighted by atomic mass is 32.2. The van der Waals surface area contributed by atoms with Gasteiger partial charge in [-0.15, -0.1) is 0 Å². The van der Waals surface area contributed by atoms with Gasteiger partial charge in [-0.3, -0.25) is 9.59 Å². The van der Waals surface area contributed by atoms with E-state index < -0.39 is 34.4 Å². The summed E-state index contributed by atoms with van der Waals surface area (Å²) in [5, 5.41) is 0. The third-order valence-corrected chi connectivity index (χ3v) is 4.05. The molecule has 9 heteroatoms. The standard InChI is InChI=1S/C12H16N2O6S/c1-19-8-3-5-9(6-4-8)21(17,18)14-10(7-11(13)15)12(16)20-2/h3-6,10,14H,7H2,1-2H3,(H2,13,15)/t10-/m0/s1. The minimum absolute atomic E-state index is 0.0818. The number of rotatable bonds is 7. The Bertz CT molecular complexity index is 611. The maximum Gasteiger partial charge on any atom is 0.324 e. The lowest BCUT2D eigenvalue weighted by Crippen LogP contribution is -2.43. The smallest absolute Gasteiger partial charge is 0.324 e. The molecule has 116 valence electrons. The minimum atomic E-state index is -4.00. The Morgan fingerprint density at radius 1 is 1.24 bits per heavy atom. The van der Waals surface area contributed by atoms with Crippen LogP contribution in [0.2, 0.25) is 0 Å². The molecule has 8 nitrogen and oxygen atoms in total. The molecule has 1 rings (SSSR count). The summed E-state index contributed by atoms with van der Waals surface area (Å²) in [6, 6.07) is 4.14. The molecule has 1 aromatic carbocycles. The molecule has 0 bridgehead atoms. The van der Waals surface area contributed by atoms with Crippen molar-refractivity contribution in [1.82, 2.24) is 4.72 Å². The van der Waals surface area contributed by atoms with E-state index in [1.165, 1.54) is 31.4 Å². The number of ether oxygens (including phenoxy) is 2. The summed E-state index contributed by atoms with van der Waals surface area (Å²) in [4.78, 5) is 22.3. The molecule has 3 N–H and O–H groups in total. The van der Waals surface area contributed by atoms with E-state index in [0.717, 1.165) is 7.11 Å². The number of amides is 1. The molecule has 0 aliphatic carbocycles. The summed E-state index contributed by atoms with van der Waals surface area (Å²) in [5.41, 5.74) is 4.98. The van der Waals surface area contributed by atoms with Gasteiger partial charge in [-0.1, -0.05) is 0 Å². The van der Waals surface area contributed by atoms with Gasteiger partial charge in [-0.2, -0.15) is 4.72 Å². The topological polar surface area (TPSA) is 125 Å². The van der Waals surface area contributed by atoms with E-state index in [0.29, 0.717) is 5.75 Å². The summed E-state index contributed by atoms with van der Waals surface area (Å²) in [7, 11) is -1.47. The molecule has 0 saturated heterocycles. The lowest BCUT2D eigenvalue weighted by molar-refractivity contribution is -0.144. The highest BCUT2D eigenvalue weighted by Gasteiger charge is 2.27. The van der Waals surface area contributed by atoms with Gasteiger partial charge in [-0.05, 0) is 24.3 Å². The highest BCUT2D eigenvalue weighted by Crippen LogP contribution is 2.16. The summed E-state index contributed by atoms with van der Waals surface area (Å²) in [5.74, 6) is -1.25. The number of carbonyl (C=O) groups is 2. The van der Waals surface area contributed by atoms with Crippen LogP contribution in [0.1, 0.15) is 6.42 Å². The monoisotopic (exact) mass is 316 g/mol. The van der Waals surface area contributed by atoms with Gasteiger partial charge >= 0.3 is 5.97 Å². The molecular formula is C12H16N2O6S. The van der Waals surface area contributed by atoms with Crippen LogP contribution in [0, 0.1) is 0 Å². The first kappa shape index (κ1) is 16.9. The van der Waals surface area contributed by atoms with Crippen molar-refractivity contribution in [1.29, 1.82) is 0 Å². The Kier molecular flexibility index (Phi) is 5.68. The van der Waals surface area contributed by atoms with Crippen LogP contribution in [-0.2, 0) is 24.3 Å². The number of methoxy groups -OCH3 is 2. The van der Waals surface area contributed by atoms with Crippen LogP contribution in [0.25, 0.3) is 0 Å². The molecular weight excluding hydrogens is 300 g/mol. The van der Waals surface area contributed by atoms with Gasteiger partial charge in [0.25, 0.3) is 0 Å². The van der Waals surface area contributed by atoms with Gasteiger partial charge in [0.2, 0.25) is 15.9 Å². The summed E-state index contributed by atoms with van der Waals surface area (Å²) < 4.78 is 35.7. The lowest BCUT2D eigenvalue weighted by atomic mass is 10.2. The lowest BCUT2D eigenvalue weighted by Gasteiger charge is -2.15. The van der Waals surface area contributed by atoms with Gasteiger partial charge in [0, 0.05) is 0 Å². The van der Waals surface area contributed by atoms with Crippen LogP contribution in [0.15, 0.2) is 29.2 Å². The van der Waals surface area contributed by atoms with Crippen LogP contribution >= 0.6 is 0 Å². The molecule has 1 atom stereocenters. The van der Waals surface area contributed by atoms with Crippen LogP contribution in [0.4, 0.5) is 0 Å². The number of hydrogen-bond donors (Lipinski definition) is 2. The summed E-state index contributed by atoms with van der Waals surface area (Å²) >= 11 is 0. The second-order valence-electron chi connectivity index (χ2n) is 4.04. The number of sulfonamides is 1. The molecule has 0 saturated carbocycles. The predicted octanol–water partition coefficient (Wildman–Crippen LogP) is -0.609. The van der Waals surface area contributed by atoms with Crippen molar-refractivity contribution in [3.8, 4) is 5.75 Å². The van der Waals surface area contributed by atoms with E-state index in [2.05, 4.69) is 9.46 Å². The molecule has 0 fully saturated rings. The second kappa shape index (κ2) is 7.04. The third kappa shape index (κ3) is 4.72. The molecule has 0 radical (unpaired) electrons. The zero-order valence-corrected chi connectivity index (χ0v) is 12.3. The largest absolute Gasteiger partial charge is 0.497 e. The van der Waals surface area contributed by atoms with Crippen molar-refractivity contribution in [2.75, 3.05) is 14.2 Å². The van der Waals surface area contributed by atoms with Gasteiger partial charge in [-0.25, -0.2) is 8.42 Å². The average Bonchev–Trinajstić information content (AvgIpc) is 2.45. The summed E-state index contributed by atoms with van der Waals surface area (Å²) in [6.07, 6.45) is -0.498. The van der Waals surface area contributed by atoms with Gasteiger partial charge in [0.1, 0.15) is 11.8 Å². The Morgan fingerprint density at radius 3 is 2.24 bits per heavy atom. The Hall–Kier alpha value is -2.13. The number of nitrogens with one attached hydrogen (secondary N) is 1. The second-order valence-corrected chi connectivity index (χ2v) is 5.76. The number of nitrogens with two attached hydrogens (primary N) is 1. The highest BCUT2D eigenvalue weighted by molar-refractivity contribution is 7.89. The van der Waals surface area contributed by atoms with Crippen LogP contribution in [-0.4, -0.2) is 40.6 Å². The molecule has 21 heavy (non-hydrogen) atoms. The van der Waals surface area contributed by atoms with Crippen molar-refractivity contribution in [3.05, 3.63) is 24.3 Å². The van der Waals surface area contributed by atoms with Gasteiger partial charge < -0.3 is 15.2 Å². The number of esters is 1. The molecule has 1 amide bonds. The molecule has 0 spiro atoms. The number of primary amides is 1. The molecule has 0 heterocycles. The quantitative estimate of drug-likeness (QED) is 0.647. The first-order chi connectivity index (χ1) is 9.80. The molecule has 0 aliphatic heterocycles. The zero-order chi connectivity index (χ0) is 16.0. The van der Waals surface area contributed by atoms with Crippen molar-refractivity contribution in [3.63, 3.8) is 0 Å². The zero-order valence-electron chi connectivity index (χ0n) is 11.5. The fourth-order valence-corrected chi connectivity index (χ4v) is 2.71. The average molecular weight is 316 g/mol. The van der Waals surface area contributed by atoms with Crippen molar-refractivity contribution in [2.24, 2.45) is 5.73 Å². The number of benzene rings is 1. The molecule has 0 aromatic heterocycles. The first-order valence-corrected chi connectivity index (χ1v) is 7.31. The SMILES string of the molecule is COC(=O)[C@H](CC(N)=O)NS(=O)(=O)c1ccc(OC)cc1. The fraction of sp³-hybridized carbons (Fsp3) is 0.333. The van der Waals surface area contributed by atoms with Gasteiger partial charge in [0.15, 0.2) is 0 Å². The van der Waals surface area contributed by atoms with Crippen molar-refractivity contribution in [2.45, 2.75) is 17.4 Å². The van der Waals surface area contributed by atoms with E-state index in [9.17, 15) is 18.0 Å². The van der Waals surface area contributed by atoms with Crippen LogP contribution < -0.4 is 15.2 Å². The third-order valence-electron chi connectivity index (χ3n) is 2.56.